The van der Waals surface area contributed by atoms with Crippen molar-refractivity contribution in [2.24, 2.45) is 11.8 Å². The van der Waals surface area contributed by atoms with Crippen molar-refractivity contribution < 1.29 is 18.4 Å². The third-order valence-corrected chi connectivity index (χ3v) is 9.25. The van der Waals surface area contributed by atoms with E-state index in [0.29, 0.717) is 45.2 Å². The summed E-state index contributed by atoms with van der Waals surface area (Å²) in [5.41, 5.74) is 3.01. The van der Waals surface area contributed by atoms with Gasteiger partial charge in [0.05, 0.1) is 17.6 Å². The molecular formula is C35H34N6O6. The molecule has 2 aromatic carbocycles. The van der Waals surface area contributed by atoms with E-state index in [9.17, 15) is 24.4 Å². The standard InChI is InChI=1S/C35H34N6O6/c1-37-29(16-23-7-13-28-31(18-23)47-35(45)41-28)33(43)39-26-10-4-21(5-11-26)14-20-2-8-25(9-3-20)38-32(42)24(19-36)15-22-6-12-27-30(17-22)46-34(44)40-27/h6-7,12-13,15-18,20-21,25-26H,2-5,8-11,14H2,(H,38,42)(H,39,43)(H,40,44)(H,41,45). The molecule has 4 aromatic rings. The van der Waals surface area contributed by atoms with E-state index in [0.717, 1.165) is 57.8 Å². The number of carbonyl (C=O) groups excluding carboxylic acids is 2. The van der Waals surface area contributed by atoms with Crippen molar-refractivity contribution in [1.82, 2.24) is 20.6 Å². The van der Waals surface area contributed by atoms with Crippen LogP contribution in [-0.4, -0.2) is 33.9 Å². The van der Waals surface area contributed by atoms with Crippen LogP contribution < -0.4 is 22.1 Å². The second-order valence-corrected chi connectivity index (χ2v) is 12.5. The first kappa shape index (κ1) is 31.4. The molecule has 2 fully saturated rings. The Balaban J connectivity index is 0.935. The monoisotopic (exact) mass is 634 g/mol. The van der Waals surface area contributed by atoms with Crippen LogP contribution in [0, 0.1) is 29.7 Å². The first-order valence-corrected chi connectivity index (χ1v) is 15.8. The number of nitriles is 1. The quantitative estimate of drug-likeness (QED) is 0.117. The largest absolute Gasteiger partial charge is 0.417 e. The number of fused-ring (bicyclic) bond motifs is 2. The third kappa shape index (κ3) is 7.61. The van der Waals surface area contributed by atoms with Crippen molar-refractivity contribution in [3.8, 4) is 6.07 Å². The number of amides is 2. The number of aromatic amines is 2. The topological polar surface area (TPSA) is 178 Å². The van der Waals surface area contributed by atoms with Gasteiger partial charge in [-0.3, -0.25) is 19.6 Å². The SMILES string of the molecule is [C-]#[N+]C(=Cc1ccc2[nH]c(=O)oc2c1)C(=O)NC1CCC(CC2CCC(NC(=O)C(C#N)=Cc3ccc4[nH]c(=O)oc4c3)CC2)CC1. The fourth-order valence-electron chi connectivity index (χ4n) is 6.80. The predicted molar refractivity (Wildman–Crippen MR) is 174 cm³/mol. The number of H-pyrrole nitrogens is 2. The third-order valence-electron chi connectivity index (χ3n) is 9.25. The predicted octanol–water partition coefficient (Wildman–Crippen LogP) is 5.16. The lowest BCUT2D eigenvalue weighted by molar-refractivity contribution is -0.118. The van der Waals surface area contributed by atoms with Crippen molar-refractivity contribution in [3.05, 3.63) is 91.3 Å². The molecule has 12 heteroatoms. The van der Waals surface area contributed by atoms with Gasteiger partial charge in [-0.2, -0.15) is 5.26 Å². The van der Waals surface area contributed by atoms with E-state index >= 15 is 0 Å². The Morgan fingerprint density at radius 2 is 1.30 bits per heavy atom. The minimum absolute atomic E-state index is 0.000266. The zero-order valence-electron chi connectivity index (χ0n) is 25.6. The van der Waals surface area contributed by atoms with Gasteiger partial charge < -0.3 is 19.5 Å². The maximum atomic E-state index is 12.9. The van der Waals surface area contributed by atoms with Crippen molar-refractivity contribution in [2.75, 3.05) is 0 Å². The highest BCUT2D eigenvalue weighted by Crippen LogP contribution is 2.35. The summed E-state index contributed by atoms with van der Waals surface area (Å²) in [5.74, 6) is -0.769. The zero-order valence-corrected chi connectivity index (χ0v) is 25.6. The number of rotatable bonds is 8. The number of nitrogens with zero attached hydrogens (tertiary/aromatic N) is 2. The molecule has 47 heavy (non-hydrogen) atoms. The van der Waals surface area contributed by atoms with Gasteiger partial charge in [-0.1, -0.05) is 12.1 Å². The summed E-state index contributed by atoms with van der Waals surface area (Å²) in [6, 6.07) is 12.0. The molecule has 6 rings (SSSR count). The molecule has 2 heterocycles. The first-order valence-electron chi connectivity index (χ1n) is 15.8. The number of hydrogen-bond acceptors (Lipinski definition) is 7. The van der Waals surface area contributed by atoms with E-state index in [1.807, 2.05) is 6.07 Å². The van der Waals surface area contributed by atoms with Crippen LogP contribution in [0.3, 0.4) is 0 Å². The fraction of sp³-hybridized carbons (Fsp3) is 0.371. The Hall–Kier alpha value is -5.62. The summed E-state index contributed by atoms with van der Waals surface area (Å²) in [6.45, 7) is 7.52. The number of nitrogens with one attached hydrogen (secondary N) is 4. The molecule has 0 atom stereocenters. The Bertz CT molecular complexity index is 1920. The smallest absolute Gasteiger partial charge is 0.408 e. The number of aromatic nitrogens is 2. The molecule has 4 N–H and O–H groups in total. The summed E-state index contributed by atoms with van der Waals surface area (Å²) in [6.07, 6.45) is 11.6. The number of oxazole rings is 2. The minimum Gasteiger partial charge on any atom is -0.408 e. The second-order valence-electron chi connectivity index (χ2n) is 12.5. The van der Waals surface area contributed by atoms with Crippen LogP contribution in [0.25, 0.3) is 39.2 Å². The average Bonchev–Trinajstić information content (AvgIpc) is 3.63. The molecule has 2 aliphatic rings. The van der Waals surface area contributed by atoms with Gasteiger partial charge in [0.2, 0.25) is 0 Å². The minimum atomic E-state index is -0.561. The molecular weight excluding hydrogens is 600 g/mol. The van der Waals surface area contributed by atoms with Crippen LogP contribution in [0.5, 0.6) is 0 Å². The van der Waals surface area contributed by atoms with Crippen molar-refractivity contribution in [3.63, 3.8) is 0 Å². The molecule has 0 radical (unpaired) electrons. The van der Waals surface area contributed by atoms with Crippen LogP contribution >= 0.6 is 0 Å². The van der Waals surface area contributed by atoms with Crippen molar-refractivity contribution in [2.45, 2.75) is 69.9 Å². The van der Waals surface area contributed by atoms with E-state index in [2.05, 4.69) is 25.4 Å². The van der Waals surface area contributed by atoms with Gasteiger partial charge in [0.25, 0.3) is 17.5 Å². The lowest BCUT2D eigenvalue weighted by atomic mass is 9.75. The summed E-state index contributed by atoms with van der Waals surface area (Å²) in [5, 5.41) is 15.7. The lowest BCUT2D eigenvalue weighted by Crippen LogP contribution is -2.39. The summed E-state index contributed by atoms with van der Waals surface area (Å²) in [7, 11) is 0. The van der Waals surface area contributed by atoms with Gasteiger partial charge in [0, 0.05) is 12.1 Å². The molecule has 2 saturated carbocycles. The Labute approximate surface area is 269 Å². The van der Waals surface area contributed by atoms with Gasteiger partial charge in [-0.25, -0.2) is 14.4 Å². The Morgan fingerprint density at radius 3 is 1.79 bits per heavy atom. The molecule has 0 saturated heterocycles. The van der Waals surface area contributed by atoms with Gasteiger partial charge in [-0.15, -0.1) is 0 Å². The summed E-state index contributed by atoms with van der Waals surface area (Å²) >= 11 is 0. The summed E-state index contributed by atoms with van der Waals surface area (Å²) < 4.78 is 10.1. The van der Waals surface area contributed by atoms with Gasteiger partial charge in [0.1, 0.15) is 11.6 Å². The maximum absolute atomic E-state index is 12.9. The van der Waals surface area contributed by atoms with E-state index in [1.54, 1.807) is 36.4 Å². The van der Waals surface area contributed by atoms with Crippen LogP contribution in [0.1, 0.15) is 68.9 Å². The van der Waals surface area contributed by atoms with Gasteiger partial charge in [0.15, 0.2) is 11.2 Å². The Morgan fingerprint density at radius 1 is 0.809 bits per heavy atom. The second kappa shape index (κ2) is 13.8. The summed E-state index contributed by atoms with van der Waals surface area (Å²) in [4.78, 5) is 57.1. The molecule has 12 nitrogen and oxygen atoms in total. The van der Waals surface area contributed by atoms with E-state index in [4.69, 9.17) is 15.4 Å². The maximum Gasteiger partial charge on any atom is 0.417 e. The van der Waals surface area contributed by atoms with Crippen LogP contribution in [0.2, 0.25) is 0 Å². The number of benzene rings is 2. The van der Waals surface area contributed by atoms with Crippen molar-refractivity contribution in [1.29, 1.82) is 5.26 Å². The molecule has 2 amide bonds. The van der Waals surface area contributed by atoms with E-state index < -0.39 is 23.3 Å². The fourth-order valence-corrected chi connectivity index (χ4v) is 6.80. The molecule has 0 spiro atoms. The molecule has 0 aliphatic heterocycles. The number of hydrogen-bond donors (Lipinski definition) is 4. The van der Waals surface area contributed by atoms with Crippen LogP contribution in [0.15, 0.2) is 66.1 Å². The highest BCUT2D eigenvalue weighted by Gasteiger charge is 2.29. The van der Waals surface area contributed by atoms with E-state index in [-0.39, 0.29) is 23.4 Å². The molecule has 0 unspecified atom stereocenters. The highest BCUT2D eigenvalue weighted by atomic mass is 16.4. The van der Waals surface area contributed by atoms with Gasteiger partial charge >= 0.3 is 11.5 Å². The van der Waals surface area contributed by atoms with Crippen LogP contribution in [-0.2, 0) is 9.59 Å². The number of carbonyl (C=O) groups is 2. The molecule has 0 bridgehead atoms. The van der Waals surface area contributed by atoms with Crippen molar-refractivity contribution >= 4 is 46.2 Å². The lowest BCUT2D eigenvalue weighted by Gasteiger charge is -2.34. The normalized spacial score (nSPS) is 22.0. The molecule has 2 aromatic heterocycles. The highest BCUT2D eigenvalue weighted by molar-refractivity contribution is 6.02. The zero-order chi connectivity index (χ0) is 32.9. The average molecular weight is 635 g/mol. The first-order chi connectivity index (χ1) is 22.8. The van der Waals surface area contributed by atoms with Gasteiger partial charge in [-0.05, 0) is 117 Å². The molecule has 240 valence electrons. The molecule has 2 aliphatic carbocycles. The van der Waals surface area contributed by atoms with E-state index in [1.165, 1.54) is 12.2 Å². The van der Waals surface area contributed by atoms with Crippen LogP contribution in [0.4, 0.5) is 0 Å². The Kier molecular flexibility index (Phi) is 9.20.